The lowest BCUT2D eigenvalue weighted by molar-refractivity contribution is -0.138. The standard InChI is InChI=1S/C23H28N2O4S/c26-20-11-12-21(27)25(20)14-6-13-24-23(28)22-18(15-30-16-7-2-1-3-8-16)17-9-4-5-10-19(17)29-22/h4-5,9-10,16H,1-3,6-8,11-15H2,(H,24,28). The predicted octanol–water partition coefficient (Wildman–Crippen LogP) is 4.27. The van der Waals surface area contributed by atoms with Gasteiger partial charge in [0.2, 0.25) is 11.8 Å². The van der Waals surface area contributed by atoms with E-state index < -0.39 is 0 Å². The first kappa shape index (κ1) is 21.0. The number of hydrogen-bond donors (Lipinski definition) is 1. The molecule has 2 aliphatic rings. The SMILES string of the molecule is O=C(NCCCN1C(=O)CCC1=O)c1oc2ccccc2c1CSC1CCCCC1. The molecule has 1 aromatic heterocycles. The fourth-order valence-electron chi connectivity index (χ4n) is 4.25. The average molecular weight is 429 g/mol. The van der Waals surface area contributed by atoms with Gasteiger partial charge in [0.1, 0.15) is 5.58 Å². The second-order valence-electron chi connectivity index (χ2n) is 8.03. The number of imide groups is 1. The number of furan rings is 1. The zero-order valence-corrected chi connectivity index (χ0v) is 18.0. The van der Waals surface area contributed by atoms with Crippen molar-refractivity contribution in [3.05, 3.63) is 35.6 Å². The van der Waals surface area contributed by atoms with Crippen LogP contribution in [0.25, 0.3) is 11.0 Å². The van der Waals surface area contributed by atoms with E-state index in [2.05, 4.69) is 5.32 Å². The average Bonchev–Trinajstić information content (AvgIpc) is 3.30. The van der Waals surface area contributed by atoms with E-state index in [9.17, 15) is 14.4 Å². The Labute approximate surface area is 180 Å². The molecular weight excluding hydrogens is 400 g/mol. The molecule has 0 atom stereocenters. The van der Waals surface area contributed by atoms with Crippen molar-refractivity contribution in [1.29, 1.82) is 0 Å². The number of thioether (sulfide) groups is 1. The Bertz CT molecular complexity index is 916. The lowest BCUT2D eigenvalue weighted by Gasteiger charge is -2.20. The van der Waals surface area contributed by atoms with Crippen LogP contribution in [-0.2, 0) is 15.3 Å². The predicted molar refractivity (Wildman–Crippen MR) is 117 cm³/mol. The van der Waals surface area contributed by atoms with Crippen molar-refractivity contribution in [3.63, 3.8) is 0 Å². The van der Waals surface area contributed by atoms with Gasteiger partial charge in [0, 0.05) is 47.9 Å². The zero-order chi connectivity index (χ0) is 20.9. The maximum absolute atomic E-state index is 12.8. The third-order valence-electron chi connectivity index (χ3n) is 5.92. The van der Waals surface area contributed by atoms with E-state index in [1.165, 1.54) is 37.0 Å². The number of hydrogen-bond acceptors (Lipinski definition) is 5. The summed E-state index contributed by atoms with van der Waals surface area (Å²) in [6.07, 6.45) is 7.53. The molecule has 0 unspecified atom stereocenters. The first-order valence-corrected chi connectivity index (χ1v) is 11.9. The second kappa shape index (κ2) is 9.69. The largest absolute Gasteiger partial charge is 0.451 e. The molecule has 1 aliphatic carbocycles. The topological polar surface area (TPSA) is 79.6 Å². The van der Waals surface area contributed by atoms with Gasteiger partial charge in [0.15, 0.2) is 5.76 Å². The van der Waals surface area contributed by atoms with Gasteiger partial charge in [-0.15, -0.1) is 0 Å². The number of carbonyl (C=O) groups excluding carboxylic acids is 3. The minimum Gasteiger partial charge on any atom is -0.451 e. The Hall–Kier alpha value is -2.28. The first-order chi connectivity index (χ1) is 14.6. The van der Waals surface area contributed by atoms with Gasteiger partial charge in [-0.3, -0.25) is 19.3 Å². The summed E-state index contributed by atoms with van der Waals surface area (Å²) in [6.45, 7) is 0.741. The fraction of sp³-hybridized carbons (Fsp3) is 0.522. The molecule has 1 saturated carbocycles. The fourth-order valence-corrected chi connectivity index (χ4v) is 5.61. The van der Waals surface area contributed by atoms with Crippen molar-refractivity contribution >= 4 is 40.5 Å². The van der Waals surface area contributed by atoms with Crippen molar-refractivity contribution in [2.45, 2.75) is 62.4 Å². The molecule has 1 aliphatic heterocycles. The minimum atomic E-state index is -0.232. The highest BCUT2D eigenvalue weighted by molar-refractivity contribution is 7.99. The maximum Gasteiger partial charge on any atom is 0.287 e. The van der Waals surface area contributed by atoms with E-state index in [0.29, 0.717) is 43.4 Å². The Morgan fingerprint density at radius 1 is 1.10 bits per heavy atom. The normalized spacial score (nSPS) is 17.8. The van der Waals surface area contributed by atoms with Crippen molar-refractivity contribution in [2.24, 2.45) is 0 Å². The van der Waals surface area contributed by atoms with Crippen LogP contribution in [0.1, 0.15) is 67.5 Å². The van der Waals surface area contributed by atoms with Crippen LogP contribution in [-0.4, -0.2) is 41.0 Å². The third kappa shape index (κ3) is 4.72. The summed E-state index contributed by atoms with van der Waals surface area (Å²) in [6, 6.07) is 7.79. The smallest absolute Gasteiger partial charge is 0.287 e. The highest BCUT2D eigenvalue weighted by Gasteiger charge is 2.28. The summed E-state index contributed by atoms with van der Waals surface area (Å²) in [5.41, 5.74) is 1.69. The third-order valence-corrected chi connectivity index (χ3v) is 7.32. The molecule has 0 bridgehead atoms. The van der Waals surface area contributed by atoms with E-state index in [0.717, 1.165) is 22.3 Å². The van der Waals surface area contributed by atoms with Crippen LogP contribution in [0, 0.1) is 0 Å². The molecular formula is C23H28N2O4S. The quantitative estimate of drug-likeness (QED) is 0.502. The van der Waals surface area contributed by atoms with Gasteiger partial charge in [-0.05, 0) is 25.3 Å². The molecule has 6 nitrogen and oxygen atoms in total. The molecule has 2 heterocycles. The van der Waals surface area contributed by atoms with Crippen molar-refractivity contribution in [1.82, 2.24) is 10.2 Å². The first-order valence-electron chi connectivity index (χ1n) is 10.9. The molecule has 30 heavy (non-hydrogen) atoms. The Kier molecular flexibility index (Phi) is 6.77. The van der Waals surface area contributed by atoms with Crippen molar-refractivity contribution in [2.75, 3.05) is 13.1 Å². The van der Waals surface area contributed by atoms with Crippen molar-refractivity contribution < 1.29 is 18.8 Å². The van der Waals surface area contributed by atoms with Gasteiger partial charge in [0.25, 0.3) is 5.91 Å². The Balaban J connectivity index is 1.38. The number of carbonyl (C=O) groups is 3. The Morgan fingerprint density at radius 2 is 1.83 bits per heavy atom. The summed E-state index contributed by atoms with van der Waals surface area (Å²) in [5, 5.41) is 4.55. The summed E-state index contributed by atoms with van der Waals surface area (Å²) < 4.78 is 5.92. The zero-order valence-electron chi connectivity index (χ0n) is 17.2. The number of amides is 3. The molecule has 3 amide bonds. The van der Waals surface area contributed by atoms with E-state index in [4.69, 9.17) is 4.42 Å². The molecule has 1 saturated heterocycles. The molecule has 0 spiro atoms. The molecule has 2 aromatic rings. The van der Waals surface area contributed by atoms with E-state index in [1.54, 1.807) is 0 Å². The maximum atomic E-state index is 12.8. The molecule has 4 rings (SSSR count). The number of fused-ring (bicyclic) bond motifs is 1. The molecule has 0 radical (unpaired) electrons. The molecule has 1 aromatic carbocycles. The summed E-state index contributed by atoms with van der Waals surface area (Å²) in [5.74, 6) is 0.676. The number of rotatable bonds is 8. The van der Waals surface area contributed by atoms with Crippen LogP contribution < -0.4 is 5.32 Å². The molecule has 7 heteroatoms. The van der Waals surface area contributed by atoms with Crippen LogP contribution in [0.3, 0.4) is 0 Å². The van der Waals surface area contributed by atoms with Gasteiger partial charge in [0.05, 0.1) is 0 Å². The van der Waals surface area contributed by atoms with Crippen molar-refractivity contribution in [3.8, 4) is 0 Å². The van der Waals surface area contributed by atoms with E-state index in [1.807, 2.05) is 36.0 Å². The summed E-state index contributed by atoms with van der Waals surface area (Å²) >= 11 is 1.93. The number of nitrogens with zero attached hydrogens (tertiary/aromatic N) is 1. The van der Waals surface area contributed by atoms with Gasteiger partial charge in [-0.1, -0.05) is 37.5 Å². The number of nitrogens with one attached hydrogen (secondary N) is 1. The van der Waals surface area contributed by atoms with Crippen LogP contribution in [0.4, 0.5) is 0 Å². The van der Waals surface area contributed by atoms with Gasteiger partial charge < -0.3 is 9.73 Å². The number of para-hydroxylation sites is 1. The second-order valence-corrected chi connectivity index (χ2v) is 9.31. The number of likely N-dealkylation sites (tertiary alicyclic amines) is 1. The Morgan fingerprint density at radius 3 is 2.60 bits per heavy atom. The summed E-state index contributed by atoms with van der Waals surface area (Å²) in [7, 11) is 0. The van der Waals surface area contributed by atoms with Crippen LogP contribution in [0.2, 0.25) is 0 Å². The number of benzene rings is 1. The van der Waals surface area contributed by atoms with Gasteiger partial charge >= 0.3 is 0 Å². The van der Waals surface area contributed by atoms with Crippen LogP contribution >= 0.6 is 11.8 Å². The molecule has 2 fully saturated rings. The van der Waals surface area contributed by atoms with Gasteiger partial charge in [-0.25, -0.2) is 0 Å². The minimum absolute atomic E-state index is 0.120. The molecule has 1 N–H and O–H groups in total. The van der Waals surface area contributed by atoms with Crippen LogP contribution in [0.5, 0.6) is 0 Å². The van der Waals surface area contributed by atoms with Gasteiger partial charge in [-0.2, -0.15) is 11.8 Å². The lowest BCUT2D eigenvalue weighted by Crippen LogP contribution is -2.33. The summed E-state index contributed by atoms with van der Waals surface area (Å²) in [4.78, 5) is 37.5. The van der Waals surface area contributed by atoms with Crippen LogP contribution in [0.15, 0.2) is 28.7 Å². The lowest BCUT2D eigenvalue weighted by atomic mass is 10.0. The van der Waals surface area contributed by atoms with E-state index in [-0.39, 0.29) is 17.7 Å². The molecule has 160 valence electrons. The highest BCUT2D eigenvalue weighted by atomic mass is 32.2. The monoisotopic (exact) mass is 428 g/mol. The highest BCUT2D eigenvalue weighted by Crippen LogP contribution is 2.35. The van der Waals surface area contributed by atoms with E-state index >= 15 is 0 Å².